The molecule has 7 nitrogen and oxygen atoms in total. The van der Waals surface area contributed by atoms with E-state index in [1.165, 1.54) is 19.3 Å². The van der Waals surface area contributed by atoms with Crippen molar-refractivity contribution in [2.75, 3.05) is 0 Å². The van der Waals surface area contributed by atoms with Crippen LogP contribution in [0.5, 0.6) is 0 Å². The van der Waals surface area contributed by atoms with Crippen molar-refractivity contribution in [1.29, 1.82) is 0 Å². The van der Waals surface area contributed by atoms with E-state index >= 15 is 0 Å². The van der Waals surface area contributed by atoms with Gasteiger partial charge in [0.05, 0.1) is 24.0 Å². The maximum Gasteiger partial charge on any atom is 0.305 e. The minimum absolute atomic E-state index is 0.0289. The molecule has 0 radical (unpaired) electrons. The van der Waals surface area contributed by atoms with Gasteiger partial charge < -0.3 is 21.5 Å². The highest BCUT2D eigenvalue weighted by Gasteiger charge is 2.54. The Morgan fingerprint density at radius 3 is 2.04 bits per heavy atom. The van der Waals surface area contributed by atoms with Crippen LogP contribution in [0.1, 0.15) is 51.9 Å². The van der Waals surface area contributed by atoms with Crippen molar-refractivity contribution in [2.24, 2.45) is 28.9 Å². The van der Waals surface area contributed by atoms with Crippen LogP contribution in [-0.4, -0.2) is 35.1 Å². The molecule has 4 rings (SSSR count). The number of carbonyl (C=O) groups is 3. The van der Waals surface area contributed by atoms with Gasteiger partial charge in [-0.2, -0.15) is 0 Å². The minimum atomic E-state index is -1.12. The van der Waals surface area contributed by atoms with Crippen LogP contribution in [0.4, 0.5) is 0 Å². The van der Waals surface area contributed by atoms with Gasteiger partial charge in [-0.25, -0.2) is 0 Å². The van der Waals surface area contributed by atoms with Crippen LogP contribution in [0, 0.1) is 23.2 Å². The normalized spacial score (nSPS) is 36.0. The lowest BCUT2D eigenvalue weighted by molar-refractivity contribution is -0.147. The minimum Gasteiger partial charge on any atom is -0.481 e. The molecule has 4 aliphatic rings. The molecule has 2 unspecified atom stereocenters. The lowest BCUT2D eigenvalue weighted by atomic mass is 9.49. The number of hydrogen-bond acceptors (Lipinski definition) is 4. The van der Waals surface area contributed by atoms with Gasteiger partial charge in [-0.1, -0.05) is 0 Å². The number of rotatable bonds is 6. The first kappa shape index (κ1) is 17.2. The molecule has 0 aliphatic heterocycles. The number of nitrogens with one attached hydrogen (secondary N) is 2. The highest BCUT2D eigenvalue weighted by molar-refractivity contribution is 5.87. The molecule has 4 aliphatic carbocycles. The molecule has 2 atom stereocenters. The van der Waals surface area contributed by atoms with Crippen LogP contribution in [-0.2, 0) is 14.4 Å². The van der Waals surface area contributed by atoms with E-state index < -0.39 is 30.5 Å². The van der Waals surface area contributed by atoms with E-state index in [-0.39, 0.29) is 11.3 Å². The number of hydrogen-bond donors (Lipinski definition) is 4. The molecule has 0 spiro atoms. The third kappa shape index (κ3) is 3.41. The number of carboxylic acid groups (broad SMARTS) is 1. The Morgan fingerprint density at radius 2 is 1.58 bits per heavy atom. The predicted molar refractivity (Wildman–Crippen MR) is 86.6 cm³/mol. The summed E-state index contributed by atoms with van der Waals surface area (Å²) in [6.45, 7) is 1.68. The highest BCUT2D eigenvalue weighted by Crippen LogP contribution is 2.60. The number of amides is 2. The van der Waals surface area contributed by atoms with Gasteiger partial charge >= 0.3 is 5.97 Å². The van der Waals surface area contributed by atoms with Crippen molar-refractivity contribution < 1.29 is 19.5 Å². The van der Waals surface area contributed by atoms with Gasteiger partial charge in [0.15, 0.2) is 0 Å². The fourth-order valence-electron chi connectivity index (χ4n) is 5.38. The summed E-state index contributed by atoms with van der Waals surface area (Å²) in [5.74, 6) is 0.377. The average Bonchev–Trinajstić information content (AvgIpc) is 2.44. The average molecular weight is 337 g/mol. The van der Waals surface area contributed by atoms with Gasteiger partial charge in [-0.05, 0) is 63.2 Å². The van der Waals surface area contributed by atoms with E-state index in [1.807, 2.05) is 0 Å². The van der Waals surface area contributed by atoms with Crippen LogP contribution in [0.3, 0.4) is 0 Å². The number of nitrogens with two attached hydrogens (primary N) is 1. The molecule has 4 fully saturated rings. The summed E-state index contributed by atoms with van der Waals surface area (Å²) in [6.07, 6.45) is 5.70. The molecular weight excluding hydrogens is 310 g/mol. The Kier molecular flexibility index (Phi) is 4.55. The lowest BCUT2D eigenvalue weighted by Crippen LogP contribution is -2.58. The summed E-state index contributed by atoms with van der Waals surface area (Å²) in [7, 11) is 0. The first-order valence-corrected chi connectivity index (χ1v) is 8.86. The van der Waals surface area contributed by atoms with Gasteiger partial charge in [0.2, 0.25) is 11.8 Å². The van der Waals surface area contributed by atoms with Gasteiger partial charge in [-0.3, -0.25) is 14.4 Å². The van der Waals surface area contributed by atoms with Crippen molar-refractivity contribution in [3.63, 3.8) is 0 Å². The second kappa shape index (κ2) is 6.35. The maximum absolute atomic E-state index is 12.8. The zero-order valence-electron chi connectivity index (χ0n) is 14.1. The second-order valence-corrected chi connectivity index (χ2v) is 8.11. The summed E-state index contributed by atoms with van der Waals surface area (Å²) in [4.78, 5) is 35.3. The zero-order chi connectivity index (χ0) is 17.5. The Hall–Kier alpha value is -1.63. The third-order valence-electron chi connectivity index (χ3n) is 5.96. The Morgan fingerprint density at radius 1 is 1.08 bits per heavy atom. The van der Waals surface area contributed by atoms with E-state index in [0.29, 0.717) is 17.8 Å². The summed E-state index contributed by atoms with van der Waals surface area (Å²) in [5, 5.41) is 14.2. The largest absolute Gasteiger partial charge is 0.481 e. The van der Waals surface area contributed by atoms with Crippen LogP contribution >= 0.6 is 0 Å². The van der Waals surface area contributed by atoms with Crippen LogP contribution in [0.15, 0.2) is 0 Å². The van der Waals surface area contributed by atoms with Crippen molar-refractivity contribution in [2.45, 2.75) is 64.1 Å². The molecule has 24 heavy (non-hydrogen) atoms. The monoisotopic (exact) mass is 337 g/mol. The predicted octanol–water partition coefficient (Wildman–Crippen LogP) is 0.583. The molecule has 0 aromatic heterocycles. The fraction of sp³-hybridized carbons (Fsp3) is 0.824. The molecule has 4 saturated carbocycles. The van der Waals surface area contributed by atoms with Crippen molar-refractivity contribution in [3.05, 3.63) is 0 Å². The third-order valence-corrected chi connectivity index (χ3v) is 5.96. The number of carbonyl (C=O) groups excluding carboxylic acids is 2. The summed E-state index contributed by atoms with van der Waals surface area (Å²) in [6, 6.07) is -1.11. The second-order valence-electron chi connectivity index (χ2n) is 8.11. The Bertz CT molecular complexity index is 513. The van der Waals surface area contributed by atoms with Crippen molar-refractivity contribution in [3.8, 4) is 0 Å². The van der Waals surface area contributed by atoms with Crippen molar-refractivity contribution >= 4 is 17.8 Å². The van der Waals surface area contributed by atoms with E-state index in [4.69, 9.17) is 10.8 Å². The van der Waals surface area contributed by atoms with Gasteiger partial charge in [0.25, 0.3) is 0 Å². The zero-order valence-corrected chi connectivity index (χ0v) is 14.1. The molecule has 4 bridgehead atoms. The lowest BCUT2D eigenvalue weighted by Gasteiger charge is -2.55. The number of aliphatic carboxylic acids is 1. The summed E-state index contributed by atoms with van der Waals surface area (Å²) in [5.41, 5.74) is 5.27. The first-order chi connectivity index (χ1) is 11.3. The molecule has 0 saturated heterocycles. The van der Waals surface area contributed by atoms with Gasteiger partial charge in [-0.15, -0.1) is 0 Å². The molecule has 0 aromatic rings. The topological polar surface area (TPSA) is 122 Å². The smallest absolute Gasteiger partial charge is 0.305 e. The molecule has 0 aromatic carbocycles. The van der Waals surface area contributed by atoms with Crippen LogP contribution in [0.25, 0.3) is 0 Å². The van der Waals surface area contributed by atoms with E-state index in [2.05, 4.69) is 10.6 Å². The molecule has 2 amide bonds. The quantitative estimate of drug-likeness (QED) is 0.528. The van der Waals surface area contributed by atoms with E-state index in [1.54, 1.807) is 6.92 Å². The van der Waals surface area contributed by atoms with E-state index in [0.717, 1.165) is 19.3 Å². The van der Waals surface area contributed by atoms with E-state index in [9.17, 15) is 14.4 Å². The Balaban J connectivity index is 1.55. The number of carboxylic acids is 1. The molecule has 7 heteroatoms. The first-order valence-electron chi connectivity index (χ1n) is 8.86. The van der Waals surface area contributed by atoms with Crippen LogP contribution < -0.4 is 16.4 Å². The fourth-order valence-corrected chi connectivity index (χ4v) is 5.38. The molecule has 134 valence electrons. The highest BCUT2D eigenvalue weighted by atomic mass is 16.4. The van der Waals surface area contributed by atoms with Crippen molar-refractivity contribution in [1.82, 2.24) is 10.6 Å². The summed E-state index contributed by atoms with van der Waals surface area (Å²) < 4.78 is 0. The standard InChI is InChI=1S/C17H27N3O4/c1-9(19-15(23)13(18)5-14(21)22)20-16(24)17-6-10-2-11(7-17)4-12(3-10)8-17/h9-13H,2-8,18H2,1H3,(H,19,23)(H,20,24)(H,21,22). The van der Waals surface area contributed by atoms with Crippen LogP contribution in [0.2, 0.25) is 0 Å². The van der Waals surface area contributed by atoms with Gasteiger partial charge in [0.1, 0.15) is 0 Å². The molecular formula is C17H27N3O4. The molecule has 0 heterocycles. The Labute approximate surface area is 141 Å². The summed E-state index contributed by atoms with van der Waals surface area (Å²) >= 11 is 0. The maximum atomic E-state index is 12.8. The SMILES string of the molecule is CC(NC(=O)C(N)CC(=O)O)NC(=O)C12CC3CC(CC(C3)C1)C2. The van der Waals surface area contributed by atoms with Gasteiger partial charge in [0, 0.05) is 0 Å². The molecule has 5 N–H and O–H groups in total.